The SMILES string of the molecule is C=CCNc1ccccc1C(=O)N(CCC)Cc1nccn1C. The van der Waals surface area contributed by atoms with Gasteiger partial charge in [-0.05, 0) is 18.6 Å². The standard InChI is InChI=1S/C18H24N4O/c1-4-10-19-16-9-7-6-8-15(16)18(23)22(12-5-2)14-17-20-11-13-21(17)3/h4,6-9,11,13,19H,1,5,10,12,14H2,2-3H3. The van der Waals surface area contributed by atoms with Gasteiger partial charge < -0.3 is 14.8 Å². The van der Waals surface area contributed by atoms with Gasteiger partial charge in [-0.25, -0.2) is 4.98 Å². The zero-order chi connectivity index (χ0) is 16.7. The molecule has 5 nitrogen and oxygen atoms in total. The molecule has 122 valence electrons. The van der Waals surface area contributed by atoms with Gasteiger partial charge in [-0.1, -0.05) is 25.1 Å². The van der Waals surface area contributed by atoms with Crippen molar-refractivity contribution in [2.75, 3.05) is 18.4 Å². The molecule has 0 spiro atoms. The van der Waals surface area contributed by atoms with Crippen molar-refractivity contribution in [3.05, 3.63) is 60.7 Å². The molecule has 0 saturated carbocycles. The molecule has 0 unspecified atom stereocenters. The van der Waals surface area contributed by atoms with E-state index in [1.54, 1.807) is 12.3 Å². The van der Waals surface area contributed by atoms with E-state index in [4.69, 9.17) is 0 Å². The molecular weight excluding hydrogens is 288 g/mol. The smallest absolute Gasteiger partial charge is 0.256 e. The Labute approximate surface area is 137 Å². The third kappa shape index (κ3) is 4.22. The van der Waals surface area contributed by atoms with Crippen LogP contribution in [-0.4, -0.2) is 33.4 Å². The van der Waals surface area contributed by atoms with Crippen LogP contribution in [0.25, 0.3) is 0 Å². The van der Waals surface area contributed by atoms with Crippen LogP contribution in [0.5, 0.6) is 0 Å². The Hall–Kier alpha value is -2.56. The molecule has 0 radical (unpaired) electrons. The minimum atomic E-state index is 0.0158. The maximum Gasteiger partial charge on any atom is 0.256 e. The highest BCUT2D eigenvalue weighted by Gasteiger charge is 2.19. The normalized spacial score (nSPS) is 10.3. The van der Waals surface area contributed by atoms with Crippen LogP contribution >= 0.6 is 0 Å². The van der Waals surface area contributed by atoms with Crippen LogP contribution in [-0.2, 0) is 13.6 Å². The molecule has 5 heteroatoms. The van der Waals surface area contributed by atoms with Crippen molar-refractivity contribution < 1.29 is 4.79 Å². The van der Waals surface area contributed by atoms with E-state index in [9.17, 15) is 4.79 Å². The second-order valence-electron chi connectivity index (χ2n) is 5.40. The number of benzene rings is 1. The molecule has 0 saturated heterocycles. The van der Waals surface area contributed by atoms with Crippen molar-refractivity contribution in [2.45, 2.75) is 19.9 Å². The molecule has 1 amide bonds. The number of nitrogens with one attached hydrogen (secondary N) is 1. The van der Waals surface area contributed by atoms with Gasteiger partial charge in [-0.15, -0.1) is 6.58 Å². The van der Waals surface area contributed by atoms with Gasteiger partial charge >= 0.3 is 0 Å². The van der Waals surface area contributed by atoms with E-state index in [-0.39, 0.29) is 5.91 Å². The molecule has 2 rings (SSSR count). The summed E-state index contributed by atoms with van der Waals surface area (Å²) in [5.74, 6) is 0.894. The number of imidazole rings is 1. The van der Waals surface area contributed by atoms with E-state index < -0.39 is 0 Å². The summed E-state index contributed by atoms with van der Waals surface area (Å²) in [6, 6.07) is 7.58. The van der Waals surface area contributed by atoms with Crippen LogP contribution in [0.15, 0.2) is 49.3 Å². The second kappa shape index (κ2) is 8.17. The number of amides is 1. The average Bonchev–Trinajstić information content (AvgIpc) is 2.97. The number of carbonyl (C=O) groups is 1. The minimum Gasteiger partial charge on any atom is -0.381 e. The number of anilines is 1. The Morgan fingerprint density at radius 2 is 2.22 bits per heavy atom. The van der Waals surface area contributed by atoms with Gasteiger partial charge in [0.05, 0.1) is 12.1 Å². The van der Waals surface area contributed by atoms with Gasteiger partial charge in [-0.2, -0.15) is 0 Å². The molecule has 1 heterocycles. The first kappa shape index (κ1) is 16.8. The highest BCUT2D eigenvalue weighted by Crippen LogP contribution is 2.18. The highest BCUT2D eigenvalue weighted by molar-refractivity contribution is 5.99. The van der Waals surface area contributed by atoms with Crippen molar-refractivity contribution in [1.29, 1.82) is 0 Å². The van der Waals surface area contributed by atoms with Gasteiger partial charge in [0, 0.05) is 38.2 Å². The lowest BCUT2D eigenvalue weighted by atomic mass is 10.1. The van der Waals surface area contributed by atoms with Gasteiger partial charge in [0.25, 0.3) is 5.91 Å². The summed E-state index contributed by atoms with van der Waals surface area (Å²) in [7, 11) is 1.94. The Balaban J connectivity index is 2.24. The number of para-hydroxylation sites is 1. The summed E-state index contributed by atoms with van der Waals surface area (Å²) >= 11 is 0. The van der Waals surface area contributed by atoms with Gasteiger partial charge in [0.2, 0.25) is 0 Å². The Bertz CT molecular complexity index is 663. The van der Waals surface area contributed by atoms with Gasteiger partial charge in [0.1, 0.15) is 5.82 Å². The number of carbonyl (C=O) groups excluding carboxylic acids is 1. The number of nitrogens with zero attached hydrogens (tertiary/aromatic N) is 3. The predicted molar refractivity (Wildman–Crippen MR) is 93.4 cm³/mol. The second-order valence-corrected chi connectivity index (χ2v) is 5.40. The monoisotopic (exact) mass is 312 g/mol. The third-order valence-electron chi connectivity index (χ3n) is 3.63. The van der Waals surface area contributed by atoms with Gasteiger partial charge in [0.15, 0.2) is 0 Å². The molecule has 0 fully saturated rings. The number of rotatable bonds is 8. The quantitative estimate of drug-likeness (QED) is 0.762. The molecule has 1 N–H and O–H groups in total. The van der Waals surface area contributed by atoms with Gasteiger partial charge in [-0.3, -0.25) is 4.79 Å². The lowest BCUT2D eigenvalue weighted by Gasteiger charge is -2.23. The van der Waals surface area contributed by atoms with E-state index in [0.717, 1.165) is 17.9 Å². The molecule has 0 bridgehead atoms. The van der Waals surface area contributed by atoms with E-state index in [1.807, 2.05) is 47.0 Å². The van der Waals surface area contributed by atoms with E-state index >= 15 is 0 Å². The van der Waals surface area contributed by atoms with Crippen molar-refractivity contribution in [1.82, 2.24) is 14.5 Å². The lowest BCUT2D eigenvalue weighted by Crippen LogP contribution is -2.32. The Morgan fingerprint density at radius 1 is 1.43 bits per heavy atom. The summed E-state index contributed by atoms with van der Waals surface area (Å²) in [5, 5.41) is 3.22. The van der Waals surface area contributed by atoms with Crippen LogP contribution in [0.2, 0.25) is 0 Å². The average molecular weight is 312 g/mol. The topological polar surface area (TPSA) is 50.2 Å². The van der Waals surface area contributed by atoms with Crippen LogP contribution in [0.4, 0.5) is 5.69 Å². The molecule has 2 aromatic rings. The first-order valence-corrected chi connectivity index (χ1v) is 7.86. The van der Waals surface area contributed by atoms with Crippen LogP contribution < -0.4 is 5.32 Å². The molecule has 0 aliphatic carbocycles. The van der Waals surface area contributed by atoms with Crippen molar-refractivity contribution >= 4 is 11.6 Å². The zero-order valence-electron chi connectivity index (χ0n) is 13.8. The number of hydrogen-bond donors (Lipinski definition) is 1. The molecular formula is C18H24N4O. The first-order chi connectivity index (χ1) is 11.2. The van der Waals surface area contributed by atoms with Crippen LogP contribution in [0.1, 0.15) is 29.5 Å². The van der Waals surface area contributed by atoms with Crippen molar-refractivity contribution in [3.63, 3.8) is 0 Å². The summed E-state index contributed by atoms with van der Waals surface area (Å²) < 4.78 is 1.94. The Kier molecular flexibility index (Phi) is 5.97. The number of aromatic nitrogens is 2. The summed E-state index contributed by atoms with van der Waals surface area (Å²) in [6.07, 6.45) is 6.32. The summed E-state index contributed by atoms with van der Waals surface area (Å²) in [4.78, 5) is 19.1. The maximum absolute atomic E-state index is 13.0. The third-order valence-corrected chi connectivity index (χ3v) is 3.63. The van der Waals surface area contributed by atoms with Crippen LogP contribution in [0.3, 0.4) is 0 Å². The first-order valence-electron chi connectivity index (χ1n) is 7.86. The van der Waals surface area contributed by atoms with E-state index in [0.29, 0.717) is 25.2 Å². The number of hydrogen-bond acceptors (Lipinski definition) is 3. The van der Waals surface area contributed by atoms with E-state index in [2.05, 4.69) is 23.8 Å². The fourth-order valence-corrected chi connectivity index (χ4v) is 2.42. The predicted octanol–water partition coefficient (Wildman–Crippen LogP) is 3.07. The lowest BCUT2D eigenvalue weighted by molar-refractivity contribution is 0.0738. The fraction of sp³-hybridized carbons (Fsp3) is 0.333. The maximum atomic E-state index is 13.0. The minimum absolute atomic E-state index is 0.0158. The highest BCUT2D eigenvalue weighted by atomic mass is 16.2. The molecule has 0 atom stereocenters. The molecule has 0 aliphatic rings. The molecule has 0 aliphatic heterocycles. The Morgan fingerprint density at radius 3 is 2.87 bits per heavy atom. The zero-order valence-corrected chi connectivity index (χ0v) is 13.8. The molecule has 1 aromatic carbocycles. The van der Waals surface area contributed by atoms with Crippen LogP contribution in [0, 0.1) is 0 Å². The molecule has 1 aromatic heterocycles. The summed E-state index contributed by atoms with van der Waals surface area (Å²) in [5.41, 5.74) is 1.51. The largest absolute Gasteiger partial charge is 0.381 e. The summed E-state index contributed by atoms with van der Waals surface area (Å²) in [6.45, 7) is 7.60. The fourth-order valence-electron chi connectivity index (χ4n) is 2.42. The van der Waals surface area contributed by atoms with Crippen molar-refractivity contribution in [3.8, 4) is 0 Å². The van der Waals surface area contributed by atoms with E-state index in [1.165, 1.54) is 0 Å². The number of aryl methyl sites for hydroxylation is 1. The van der Waals surface area contributed by atoms with Crippen molar-refractivity contribution in [2.24, 2.45) is 7.05 Å². The molecule has 23 heavy (non-hydrogen) atoms.